The highest BCUT2D eigenvalue weighted by Crippen LogP contribution is 2.47. The van der Waals surface area contributed by atoms with Crippen LogP contribution in [0.15, 0.2) is 36.5 Å². The third-order valence-electron chi connectivity index (χ3n) is 11.7. The molecule has 14 heteroatoms. The maximum absolute atomic E-state index is 13.0. The van der Waals surface area contributed by atoms with E-state index in [0.717, 1.165) is 51.4 Å². The second kappa shape index (κ2) is 37.7. The molecule has 0 heterocycles. The standard InChI is InChI=1S/C48H90NO12P/c1-3-5-7-9-11-13-15-17-19-20-21-22-24-26-28-30-32-34-36-41(51)40(38-60-62(58,59)61-48-46(56)44(54)43(53)45(55)47(48)57)49-42(52)37-39(50)35-33-31-29-27-25-23-18-16-14-12-10-8-6-4-2/h23,25-26,28,34,36,39-41,43-48,50-51,53-57H,3-22,24,27,29-33,35,37-38H2,1-2H3,(H,49,52)(H,58,59)/b25-23-,28-26+,36-34+. The van der Waals surface area contributed by atoms with Crippen LogP contribution in [-0.2, 0) is 18.4 Å². The summed E-state index contributed by atoms with van der Waals surface area (Å²) < 4.78 is 22.9. The zero-order valence-corrected chi connectivity index (χ0v) is 39.4. The van der Waals surface area contributed by atoms with E-state index in [0.29, 0.717) is 12.8 Å². The summed E-state index contributed by atoms with van der Waals surface area (Å²) in [5.41, 5.74) is 0. The average Bonchev–Trinajstić information content (AvgIpc) is 3.24. The first-order chi connectivity index (χ1) is 29.8. The molecule has 0 aromatic rings. The highest BCUT2D eigenvalue weighted by Gasteiger charge is 2.51. The van der Waals surface area contributed by atoms with E-state index in [1.807, 2.05) is 0 Å². The maximum atomic E-state index is 13.0. The molecular formula is C48H90NO12P. The second-order valence-corrected chi connectivity index (χ2v) is 18.9. The van der Waals surface area contributed by atoms with Gasteiger partial charge in [0.2, 0.25) is 5.91 Å². The summed E-state index contributed by atoms with van der Waals surface area (Å²) in [7, 11) is -5.15. The number of carbonyl (C=O) groups is 1. The van der Waals surface area contributed by atoms with Crippen LogP contribution < -0.4 is 5.32 Å². The molecule has 364 valence electrons. The molecule has 1 aliphatic carbocycles. The molecule has 1 aliphatic rings. The van der Waals surface area contributed by atoms with Crippen molar-refractivity contribution in [3.05, 3.63) is 36.5 Å². The number of rotatable bonds is 40. The van der Waals surface area contributed by atoms with Crippen molar-refractivity contribution in [2.24, 2.45) is 0 Å². The van der Waals surface area contributed by atoms with Crippen LogP contribution in [0.1, 0.15) is 200 Å². The van der Waals surface area contributed by atoms with Crippen molar-refractivity contribution in [1.82, 2.24) is 5.32 Å². The van der Waals surface area contributed by atoms with Gasteiger partial charge in [-0.25, -0.2) is 4.57 Å². The highest BCUT2D eigenvalue weighted by molar-refractivity contribution is 7.47. The first-order valence-corrected chi connectivity index (χ1v) is 26.0. The van der Waals surface area contributed by atoms with E-state index in [1.165, 1.54) is 122 Å². The van der Waals surface area contributed by atoms with Gasteiger partial charge in [0.25, 0.3) is 0 Å². The monoisotopic (exact) mass is 904 g/mol. The fourth-order valence-corrected chi connectivity index (χ4v) is 8.63. The van der Waals surface area contributed by atoms with Crippen molar-refractivity contribution >= 4 is 13.7 Å². The molecule has 9 N–H and O–H groups in total. The van der Waals surface area contributed by atoms with Gasteiger partial charge < -0.3 is 46.0 Å². The molecule has 0 radical (unpaired) electrons. The molecule has 0 aliphatic heterocycles. The lowest BCUT2D eigenvalue weighted by Gasteiger charge is -2.41. The predicted molar refractivity (Wildman–Crippen MR) is 247 cm³/mol. The van der Waals surface area contributed by atoms with Gasteiger partial charge >= 0.3 is 7.82 Å². The number of hydrogen-bond acceptors (Lipinski definition) is 11. The van der Waals surface area contributed by atoms with E-state index < -0.39 is 75.2 Å². The van der Waals surface area contributed by atoms with Gasteiger partial charge in [-0.2, -0.15) is 0 Å². The number of unbranched alkanes of at least 4 members (excludes halogenated alkanes) is 23. The average molecular weight is 904 g/mol. The van der Waals surface area contributed by atoms with Crippen molar-refractivity contribution in [2.45, 2.75) is 255 Å². The Morgan fingerprint density at radius 3 is 1.42 bits per heavy atom. The maximum Gasteiger partial charge on any atom is 0.472 e. The molecule has 0 aromatic carbocycles. The van der Waals surface area contributed by atoms with Crippen LogP contribution in [0, 0.1) is 0 Å². The normalized spacial score (nSPS) is 23.3. The summed E-state index contributed by atoms with van der Waals surface area (Å²) in [5.74, 6) is -0.611. The van der Waals surface area contributed by atoms with Crippen molar-refractivity contribution in [3.8, 4) is 0 Å². The van der Waals surface area contributed by atoms with Gasteiger partial charge in [-0.15, -0.1) is 0 Å². The lowest BCUT2D eigenvalue weighted by molar-refractivity contribution is -0.220. The van der Waals surface area contributed by atoms with Crippen molar-refractivity contribution in [1.29, 1.82) is 0 Å². The molecule has 1 amide bonds. The van der Waals surface area contributed by atoms with Crippen molar-refractivity contribution in [2.75, 3.05) is 6.61 Å². The van der Waals surface area contributed by atoms with Gasteiger partial charge in [-0.1, -0.05) is 172 Å². The molecule has 0 saturated heterocycles. The van der Waals surface area contributed by atoms with Crippen LogP contribution in [-0.4, -0.2) is 108 Å². The number of amides is 1. The van der Waals surface area contributed by atoms with Crippen LogP contribution in [0.4, 0.5) is 0 Å². The lowest BCUT2D eigenvalue weighted by atomic mass is 9.85. The SMILES string of the molecule is CCCCCCCCC/C=C\CCCCCC(O)CC(=O)NC(COP(=O)(O)OC1C(O)C(O)C(O)C(O)C1O)C(O)/C=C/CC/C=C/CCCCCCCCCCCCCC. The molecule has 0 aromatic heterocycles. The van der Waals surface area contributed by atoms with E-state index >= 15 is 0 Å². The summed E-state index contributed by atoms with van der Waals surface area (Å²) in [5, 5.41) is 74.5. The fourth-order valence-electron chi connectivity index (χ4n) is 7.66. The summed E-state index contributed by atoms with van der Waals surface area (Å²) in [6, 6.07) is -1.26. The Kier molecular flexibility index (Phi) is 35.6. The summed E-state index contributed by atoms with van der Waals surface area (Å²) in [4.78, 5) is 23.4. The number of hydrogen-bond donors (Lipinski definition) is 9. The zero-order chi connectivity index (χ0) is 45.9. The van der Waals surface area contributed by atoms with Crippen molar-refractivity contribution < 1.29 is 59.0 Å². The minimum absolute atomic E-state index is 0.263. The minimum Gasteiger partial charge on any atom is -0.393 e. The lowest BCUT2D eigenvalue weighted by Crippen LogP contribution is -2.64. The quantitative estimate of drug-likeness (QED) is 0.0160. The predicted octanol–water partition coefficient (Wildman–Crippen LogP) is 8.53. The molecule has 0 bridgehead atoms. The summed E-state index contributed by atoms with van der Waals surface area (Å²) in [6.45, 7) is 3.72. The van der Waals surface area contributed by atoms with Gasteiger partial charge in [-0.05, 0) is 57.8 Å². The van der Waals surface area contributed by atoms with Gasteiger partial charge in [0.1, 0.15) is 36.6 Å². The molecule has 13 nitrogen and oxygen atoms in total. The van der Waals surface area contributed by atoms with E-state index in [1.54, 1.807) is 6.08 Å². The van der Waals surface area contributed by atoms with Crippen LogP contribution in [0.5, 0.6) is 0 Å². The van der Waals surface area contributed by atoms with Gasteiger partial charge in [0, 0.05) is 0 Å². The van der Waals surface area contributed by atoms with E-state index in [9.17, 15) is 50.0 Å². The summed E-state index contributed by atoms with van der Waals surface area (Å²) in [6.07, 6.45) is 29.5. The molecule has 8 atom stereocenters. The molecule has 1 fully saturated rings. The third-order valence-corrected chi connectivity index (χ3v) is 12.7. The molecule has 1 rings (SSSR count). The first kappa shape index (κ1) is 58.5. The van der Waals surface area contributed by atoms with Crippen LogP contribution in [0.2, 0.25) is 0 Å². The smallest absolute Gasteiger partial charge is 0.393 e. The third kappa shape index (κ3) is 29.1. The van der Waals surface area contributed by atoms with E-state index in [4.69, 9.17) is 9.05 Å². The first-order valence-electron chi connectivity index (χ1n) is 24.5. The van der Waals surface area contributed by atoms with Gasteiger partial charge in [0.15, 0.2) is 0 Å². The Labute approximate surface area is 375 Å². The van der Waals surface area contributed by atoms with Crippen LogP contribution >= 0.6 is 7.82 Å². The van der Waals surface area contributed by atoms with Gasteiger partial charge in [-0.3, -0.25) is 13.8 Å². The van der Waals surface area contributed by atoms with E-state index in [2.05, 4.69) is 43.5 Å². The molecular weight excluding hydrogens is 813 g/mol. The Balaban J connectivity index is 2.57. The molecule has 1 saturated carbocycles. The second-order valence-electron chi connectivity index (χ2n) is 17.5. The van der Waals surface area contributed by atoms with Crippen LogP contribution in [0.25, 0.3) is 0 Å². The fraction of sp³-hybridized carbons (Fsp3) is 0.854. The Morgan fingerprint density at radius 1 is 0.565 bits per heavy atom. The van der Waals surface area contributed by atoms with Gasteiger partial charge in [0.05, 0.1) is 31.3 Å². The Hall–Kier alpha value is -1.48. The number of aliphatic hydroxyl groups excluding tert-OH is 7. The molecule has 0 spiro atoms. The number of aliphatic hydroxyl groups is 7. The molecule has 8 unspecified atom stereocenters. The highest BCUT2D eigenvalue weighted by atomic mass is 31.2. The summed E-state index contributed by atoms with van der Waals surface area (Å²) >= 11 is 0. The minimum atomic E-state index is -5.15. The molecule has 62 heavy (non-hydrogen) atoms. The Bertz CT molecular complexity index is 1200. The number of phosphoric acid groups is 1. The van der Waals surface area contributed by atoms with Crippen LogP contribution in [0.3, 0.4) is 0 Å². The number of nitrogens with one attached hydrogen (secondary N) is 1. The Morgan fingerprint density at radius 2 is 0.952 bits per heavy atom. The number of allylic oxidation sites excluding steroid dienone is 5. The topological polar surface area (TPSA) is 226 Å². The number of phosphoric ester groups is 1. The largest absolute Gasteiger partial charge is 0.472 e. The van der Waals surface area contributed by atoms with E-state index in [-0.39, 0.29) is 6.42 Å². The zero-order valence-electron chi connectivity index (χ0n) is 38.5. The number of carbonyl (C=O) groups excluding carboxylic acids is 1. The van der Waals surface area contributed by atoms with Crippen molar-refractivity contribution in [3.63, 3.8) is 0 Å².